The molecule has 0 saturated carbocycles. The first-order valence-electron chi connectivity index (χ1n) is 7.32. The molecule has 0 radical (unpaired) electrons. The van der Waals surface area contributed by atoms with E-state index in [9.17, 15) is 4.79 Å². The Bertz CT molecular complexity index is 793. The second kappa shape index (κ2) is 5.97. The fourth-order valence-electron chi connectivity index (χ4n) is 2.32. The Balaban J connectivity index is 1.81. The zero-order valence-corrected chi connectivity index (χ0v) is 12.6. The number of nitrogens with zero attached hydrogens (tertiary/aromatic N) is 2. The van der Waals surface area contributed by atoms with Crippen LogP contribution in [0, 0.1) is 5.92 Å². The Hall–Kier alpha value is -2.69. The molecule has 0 spiro atoms. The van der Waals surface area contributed by atoms with Crippen molar-refractivity contribution in [2.75, 3.05) is 5.32 Å². The van der Waals surface area contributed by atoms with Crippen molar-refractivity contribution in [3.63, 3.8) is 0 Å². The van der Waals surface area contributed by atoms with Crippen molar-refractivity contribution in [2.45, 2.75) is 20.3 Å². The lowest BCUT2D eigenvalue weighted by Gasteiger charge is -2.04. The van der Waals surface area contributed by atoms with E-state index in [4.69, 9.17) is 0 Å². The average molecular weight is 294 g/mol. The van der Waals surface area contributed by atoms with Gasteiger partial charge in [0, 0.05) is 24.5 Å². The van der Waals surface area contributed by atoms with Crippen molar-refractivity contribution < 1.29 is 4.79 Å². The Kier molecular flexibility index (Phi) is 3.87. The van der Waals surface area contributed by atoms with Crippen molar-refractivity contribution in [1.82, 2.24) is 15.0 Å². The van der Waals surface area contributed by atoms with Gasteiger partial charge in [0.05, 0.1) is 16.6 Å². The van der Waals surface area contributed by atoms with Crippen molar-refractivity contribution in [1.29, 1.82) is 0 Å². The van der Waals surface area contributed by atoms with E-state index >= 15 is 0 Å². The van der Waals surface area contributed by atoms with Crippen molar-refractivity contribution in [3.8, 4) is 0 Å². The maximum Gasteiger partial charge on any atom is 0.257 e. The number of rotatable bonds is 4. The van der Waals surface area contributed by atoms with E-state index in [-0.39, 0.29) is 5.91 Å². The van der Waals surface area contributed by atoms with Crippen LogP contribution in [0.4, 0.5) is 5.69 Å². The number of nitrogens with one attached hydrogen (secondary N) is 2. The molecule has 0 aliphatic carbocycles. The molecule has 3 rings (SSSR count). The molecule has 1 amide bonds. The van der Waals surface area contributed by atoms with Gasteiger partial charge in [-0.1, -0.05) is 13.8 Å². The van der Waals surface area contributed by atoms with Crippen LogP contribution in [0.25, 0.3) is 11.0 Å². The summed E-state index contributed by atoms with van der Waals surface area (Å²) in [6.45, 7) is 4.32. The summed E-state index contributed by atoms with van der Waals surface area (Å²) >= 11 is 0. The van der Waals surface area contributed by atoms with Gasteiger partial charge in [-0.25, -0.2) is 4.98 Å². The summed E-state index contributed by atoms with van der Waals surface area (Å²) < 4.78 is 0. The fraction of sp³-hybridized carbons (Fsp3) is 0.235. The van der Waals surface area contributed by atoms with E-state index < -0.39 is 0 Å². The highest BCUT2D eigenvalue weighted by molar-refractivity contribution is 6.04. The zero-order valence-electron chi connectivity index (χ0n) is 12.6. The predicted molar refractivity (Wildman–Crippen MR) is 86.8 cm³/mol. The summed E-state index contributed by atoms with van der Waals surface area (Å²) in [6, 6.07) is 9.15. The van der Waals surface area contributed by atoms with E-state index in [1.54, 1.807) is 24.5 Å². The molecule has 0 fully saturated rings. The quantitative estimate of drug-likeness (QED) is 0.774. The zero-order chi connectivity index (χ0) is 15.5. The number of amides is 1. The van der Waals surface area contributed by atoms with Gasteiger partial charge in [0.15, 0.2) is 0 Å². The number of H-pyrrole nitrogens is 1. The average Bonchev–Trinajstić information content (AvgIpc) is 2.88. The first-order chi connectivity index (χ1) is 10.6. The molecule has 0 aliphatic rings. The third kappa shape index (κ3) is 3.14. The highest BCUT2D eigenvalue weighted by Gasteiger charge is 2.08. The summed E-state index contributed by atoms with van der Waals surface area (Å²) in [5.41, 5.74) is 3.11. The molecule has 0 aliphatic heterocycles. The smallest absolute Gasteiger partial charge is 0.257 e. The summed E-state index contributed by atoms with van der Waals surface area (Å²) in [5.74, 6) is 1.35. The van der Waals surface area contributed by atoms with Gasteiger partial charge >= 0.3 is 0 Å². The van der Waals surface area contributed by atoms with E-state index in [0.717, 1.165) is 29.0 Å². The molecule has 5 nitrogen and oxygen atoms in total. The molecule has 2 aromatic heterocycles. The van der Waals surface area contributed by atoms with Crippen molar-refractivity contribution in [2.24, 2.45) is 5.92 Å². The third-order valence-electron chi connectivity index (χ3n) is 3.31. The SMILES string of the molecule is CC(C)Cc1nc2ccc(NC(=O)c3cccnc3)cc2[nH]1. The van der Waals surface area contributed by atoms with E-state index in [1.165, 1.54) is 0 Å². The van der Waals surface area contributed by atoms with Gasteiger partial charge in [-0.05, 0) is 36.2 Å². The molecule has 1 aromatic carbocycles. The monoisotopic (exact) mass is 294 g/mol. The van der Waals surface area contributed by atoms with Crippen LogP contribution in [-0.4, -0.2) is 20.9 Å². The molecule has 22 heavy (non-hydrogen) atoms. The first-order valence-corrected chi connectivity index (χ1v) is 7.32. The summed E-state index contributed by atoms with van der Waals surface area (Å²) in [5, 5.41) is 2.87. The van der Waals surface area contributed by atoms with Crippen LogP contribution < -0.4 is 5.32 Å². The number of carbonyl (C=O) groups is 1. The van der Waals surface area contributed by atoms with Crippen LogP contribution in [0.15, 0.2) is 42.7 Å². The first kappa shape index (κ1) is 14.3. The number of anilines is 1. The van der Waals surface area contributed by atoms with Crippen LogP contribution in [0.2, 0.25) is 0 Å². The molecule has 0 unspecified atom stereocenters. The van der Waals surface area contributed by atoms with Gasteiger partial charge in [0.2, 0.25) is 0 Å². The second-order valence-electron chi connectivity index (χ2n) is 5.71. The van der Waals surface area contributed by atoms with E-state index in [0.29, 0.717) is 11.5 Å². The van der Waals surface area contributed by atoms with Gasteiger partial charge in [-0.15, -0.1) is 0 Å². The van der Waals surface area contributed by atoms with Crippen LogP contribution in [-0.2, 0) is 6.42 Å². The Morgan fingerprint density at radius 1 is 1.32 bits per heavy atom. The lowest BCUT2D eigenvalue weighted by molar-refractivity contribution is 0.102. The lowest BCUT2D eigenvalue weighted by atomic mass is 10.1. The molecule has 0 bridgehead atoms. The van der Waals surface area contributed by atoms with Crippen molar-refractivity contribution in [3.05, 3.63) is 54.1 Å². The number of hydrogen-bond donors (Lipinski definition) is 2. The van der Waals surface area contributed by atoms with Gasteiger partial charge in [0.25, 0.3) is 5.91 Å². The van der Waals surface area contributed by atoms with Crippen LogP contribution in [0.5, 0.6) is 0 Å². The van der Waals surface area contributed by atoms with Crippen LogP contribution in [0.3, 0.4) is 0 Å². The number of hydrogen-bond acceptors (Lipinski definition) is 3. The standard InChI is InChI=1S/C17H18N4O/c1-11(2)8-16-20-14-6-5-13(9-15(14)21-16)19-17(22)12-4-3-7-18-10-12/h3-7,9-11H,8H2,1-2H3,(H,19,22)(H,20,21). The number of imidazole rings is 1. The van der Waals surface area contributed by atoms with E-state index in [2.05, 4.69) is 34.1 Å². The molecule has 3 aromatic rings. The summed E-state index contributed by atoms with van der Waals surface area (Å²) in [4.78, 5) is 23.9. The highest BCUT2D eigenvalue weighted by atomic mass is 16.1. The molecule has 0 atom stereocenters. The predicted octanol–water partition coefficient (Wildman–Crippen LogP) is 3.41. The number of aromatic nitrogens is 3. The minimum absolute atomic E-state index is 0.172. The Morgan fingerprint density at radius 3 is 2.91 bits per heavy atom. The number of pyridine rings is 1. The lowest BCUT2D eigenvalue weighted by Crippen LogP contribution is -2.11. The Labute approximate surface area is 128 Å². The number of fused-ring (bicyclic) bond motifs is 1. The highest BCUT2D eigenvalue weighted by Crippen LogP contribution is 2.19. The van der Waals surface area contributed by atoms with Crippen LogP contribution >= 0.6 is 0 Å². The molecule has 2 heterocycles. The summed E-state index contributed by atoms with van der Waals surface area (Å²) in [6.07, 6.45) is 4.10. The van der Waals surface area contributed by atoms with Gasteiger partial charge in [-0.3, -0.25) is 9.78 Å². The minimum Gasteiger partial charge on any atom is -0.342 e. The van der Waals surface area contributed by atoms with Gasteiger partial charge in [-0.2, -0.15) is 0 Å². The van der Waals surface area contributed by atoms with Crippen molar-refractivity contribution >= 4 is 22.6 Å². The largest absolute Gasteiger partial charge is 0.342 e. The number of carbonyl (C=O) groups excluding carboxylic acids is 1. The third-order valence-corrected chi connectivity index (χ3v) is 3.31. The topological polar surface area (TPSA) is 70.7 Å². The maximum absolute atomic E-state index is 12.1. The molecular weight excluding hydrogens is 276 g/mol. The summed E-state index contributed by atoms with van der Waals surface area (Å²) in [7, 11) is 0. The molecule has 0 saturated heterocycles. The van der Waals surface area contributed by atoms with Gasteiger partial charge < -0.3 is 10.3 Å². The normalized spacial score (nSPS) is 11.0. The maximum atomic E-state index is 12.1. The molecule has 5 heteroatoms. The molecule has 2 N–H and O–H groups in total. The second-order valence-corrected chi connectivity index (χ2v) is 5.71. The number of aromatic amines is 1. The molecule has 112 valence electrons. The minimum atomic E-state index is -0.172. The van der Waals surface area contributed by atoms with Gasteiger partial charge in [0.1, 0.15) is 5.82 Å². The van der Waals surface area contributed by atoms with Crippen LogP contribution in [0.1, 0.15) is 30.0 Å². The van der Waals surface area contributed by atoms with E-state index in [1.807, 2.05) is 18.2 Å². The molecular formula is C17H18N4O. The number of benzene rings is 1. The Morgan fingerprint density at radius 2 is 2.18 bits per heavy atom. The fourth-order valence-corrected chi connectivity index (χ4v) is 2.32.